The summed E-state index contributed by atoms with van der Waals surface area (Å²) in [4.78, 5) is 13.3. The highest BCUT2D eigenvalue weighted by molar-refractivity contribution is 6.35. The second-order valence-electron chi connectivity index (χ2n) is 8.25. The average Bonchev–Trinajstić information content (AvgIpc) is 3.43. The molecular formula is C24H24Cl2N4O2. The van der Waals surface area contributed by atoms with Gasteiger partial charge in [-0.15, -0.1) is 0 Å². The van der Waals surface area contributed by atoms with Gasteiger partial charge in [0.15, 0.2) is 5.69 Å². The summed E-state index contributed by atoms with van der Waals surface area (Å²) < 4.78 is 7.04. The van der Waals surface area contributed by atoms with Crippen molar-refractivity contribution < 1.29 is 9.21 Å². The SMILES string of the molecule is O=C(NN1CCCCC1)c1nn(-c2ccc(Cl)cc2Cl)c2c1CCCC2=Cc1ccoc1. The van der Waals surface area contributed by atoms with Crippen molar-refractivity contribution in [2.75, 3.05) is 13.1 Å². The summed E-state index contributed by atoms with van der Waals surface area (Å²) in [7, 11) is 0. The number of hydrazine groups is 1. The van der Waals surface area contributed by atoms with Crippen LogP contribution in [0.3, 0.4) is 0 Å². The molecule has 8 heteroatoms. The van der Waals surface area contributed by atoms with Gasteiger partial charge in [-0.3, -0.25) is 10.2 Å². The number of fused-ring (bicyclic) bond motifs is 1. The molecule has 0 unspecified atom stereocenters. The lowest BCUT2D eigenvalue weighted by atomic mass is 9.90. The fourth-order valence-electron chi connectivity index (χ4n) is 4.50. The molecule has 1 N–H and O–H groups in total. The Kier molecular flexibility index (Phi) is 6.09. The number of piperidine rings is 1. The summed E-state index contributed by atoms with van der Waals surface area (Å²) in [6.07, 6.45) is 11.4. The quantitative estimate of drug-likeness (QED) is 0.524. The second kappa shape index (κ2) is 9.14. The summed E-state index contributed by atoms with van der Waals surface area (Å²) in [5.74, 6) is -0.170. The molecule has 166 valence electrons. The standard InChI is InChI=1S/C24H24Cl2N4O2/c25-18-7-8-21(20(26)14-18)30-23-17(13-16-9-12-32-15-16)5-4-6-19(23)22(27-30)24(31)28-29-10-2-1-3-11-29/h7-9,12-15H,1-6,10-11H2,(H,28,31). The molecule has 0 spiro atoms. The summed E-state index contributed by atoms with van der Waals surface area (Å²) in [6.45, 7) is 1.73. The van der Waals surface area contributed by atoms with Crippen molar-refractivity contribution in [1.29, 1.82) is 0 Å². The normalized spacial score (nSPS) is 18.0. The summed E-state index contributed by atoms with van der Waals surface area (Å²) in [6, 6.07) is 7.24. The van der Waals surface area contributed by atoms with E-state index < -0.39 is 0 Å². The Bertz CT molecular complexity index is 1160. The largest absolute Gasteiger partial charge is 0.472 e. The van der Waals surface area contributed by atoms with Crippen LogP contribution in [0, 0.1) is 0 Å². The maximum atomic E-state index is 13.3. The first kappa shape index (κ1) is 21.3. The van der Waals surface area contributed by atoms with Gasteiger partial charge < -0.3 is 4.42 Å². The van der Waals surface area contributed by atoms with Gasteiger partial charge in [0, 0.05) is 29.2 Å². The number of benzene rings is 1. The van der Waals surface area contributed by atoms with Crippen molar-refractivity contribution in [3.63, 3.8) is 0 Å². The number of carbonyl (C=O) groups is 1. The second-order valence-corrected chi connectivity index (χ2v) is 9.10. The molecule has 5 rings (SSSR count). The smallest absolute Gasteiger partial charge is 0.286 e. The molecule has 1 aromatic carbocycles. The molecule has 6 nitrogen and oxygen atoms in total. The van der Waals surface area contributed by atoms with Crippen molar-refractivity contribution >= 4 is 40.8 Å². The first-order chi connectivity index (χ1) is 15.6. The first-order valence-corrected chi connectivity index (χ1v) is 11.7. The fourth-order valence-corrected chi connectivity index (χ4v) is 4.99. The molecule has 0 atom stereocenters. The van der Waals surface area contributed by atoms with E-state index in [2.05, 4.69) is 11.5 Å². The zero-order chi connectivity index (χ0) is 22.1. The Morgan fingerprint density at radius 1 is 1.09 bits per heavy atom. The van der Waals surface area contributed by atoms with Crippen molar-refractivity contribution in [2.45, 2.75) is 38.5 Å². The monoisotopic (exact) mass is 470 g/mol. The molecule has 32 heavy (non-hydrogen) atoms. The minimum absolute atomic E-state index is 0.170. The zero-order valence-electron chi connectivity index (χ0n) is 17.6. The van der Waals surface area contributed by atoms with E-state index in [1.54, 1.807) is 29.3 Å². The van der Waals surface area contributed by atoms with Crippen LogP contribution in [0.15, 0.2) is 41.2 Å². The zero-order valence-corrected chi connectivity index (χ0v) is 19.1. The highest BCUT2D eigenvalue weighted by atomic mass is 35.5. The molecule has 0 bridgehead atoms. The van der Waals surface area contributed by atoms with Crippen LogP contribution in [0.25, 0.3) is 17.3 Å². The number of carbonyl (C=O) groups excluding carboxylic acids is 1. The van der Waals surface area contributed by atoms with E-state index in [9.17, 15) is 4.79 Å². The number of hydrogen-bond acceptors (Lipinski definition) is 4. The van der Waals surface area contributed by atoms with Gasteiger partial charge in [0.2, 0.25) is 0 Å². The van der Waals surface area contributed by atoms with E-state index in [4.69, 9.17) is 32.7 Å². The van der Waals surface area contributed by atoms with E-state index in [1.807, 2.05) is 17.1 Å². The molecule has 1 saturated heterocycles. The summed E-state index contributed by atoms with van der Waals surface area (Å²) in [5, 5.41) is 7.82. The molecule has 2 aliphatic rings. The van der Waals surface area contributed by atoms with E-state index >= 15 is 0 Å². The molecular weight excluding hydrogens is 447 g/mol. The Hall–Kier alpha value is -2.54. The maximum absolute atomic E-state index is 13.3. The number of furan rings is 1. The van der Waals surface area contributed by atoms with Gasteiger partial charge in [0.05, 0.1) is 28.9 Å². The Morgan fingerprint density at radius 3 is 2.69 bits per heavy atom. The predicted octanol–water partition coefficient (Wildman–Crippen LogP) is 5.78. The number of aromatic nitrogens is 2. The van der Waals surface area contributed by atoms with Gasteiger partial charge in [-0.05, 0) is 68.0 Å². The van der Waals surface area contributed by atoms with Crippen molar-refractivity contribution in [1.82, 2.24) is 20.2 Å². The van der Waals surface area contributed by atoms with Crippen LogP contribution < -0.4 is 5.43 Å². The Morgan fingerprint density at radius 2 is 1.94 bits per heavy atom. The van der Waals surface area contributed by atoms with Crippen LogP contribution in [0.5, 0.6) is 0 Å². The van der Waals surface area contributed by atoms with Crippen LogP contribution in [0.4, 0.5) is 0 Å². The highest BCUT2D eigenvalue weighted by Gasteiger charge is 2.30. The third-order valence-corrected chi connectivity index (χ3v) is 6.55. The third-order valence-electron chi connectivity index (χ3n) is 6.01. The van der Waals surface area contributed by atoms with Crippen molar-refractivity contribution in [3.8, 4) is 5.69 Å². The molecule has 0 saturated carbocycles. The Labute approximate surface area is 196 Å². The number of halogens is 2. The lowest BCUT2D eigenvalue weighted by Gasteiger charge is -2.26. The van der Waals surface area contributed by atoms with Crippen LogP contribution in [0.1, 0.15) is 59.4 Å². The Balaban J connectivity index is 1.61. The van der Waals surface area contributed by atoms with E-state index in [0.717, 1.165) is 67.6 Å². The van der Waals surface area contributed by atoms with Gasteiger partial charge in [-0.25, -0.2) is 9.69 Å². The van der Waals surface area contributed by atoms with Gasteiger partial charge in [0.25, 0.3) is 5.91 Å². The highest BCUT2D eigenvalue weighted by Crippen LogP contribution is 2.37. The van der Waals surface area contributed by atoms with Crippen molar-refractivity contribution in [2.24, 2.45) is 0 Å². The minimum atomic E-state index is -0.170. The number of amides is 1. The average molecular weight is 471 g/mol. The number of rotatable bonds is 4. The van der Waals surface area contributed by atoms with Gasteiger partial charge in [-0.2, -0.15) is 5.10 Å². The molecule has 3 aromatic rings. The third kappa shape index (κ3) is 4.22. The summed E-state index contributed by atoms with van der Waals surface area (Å²) >= 11 is 12.7. The number of nitrogens with one attached hydrogen (secondary N) is 1. The number of hydrogen-bond donors (Lipinski definition) is 1. The fraction of sp³-hybridized carbons (Fsp3) is 0.333. The van der Waals surface area contributed by atoms with Crippen LogP contribution in [0.2, 0.25) is 10.0 Å². The van der Waals surface area contributed by atoms with Crippen molar-refractivity contribution in [3.05, 3.63) is 69.4 Å². The lowest BCUT2D eigenvalue weighted by molar-refractivity contribution is 0.0743. The molecule has 1 fully saturated rings. The number of allylic oxidation sites excluding steroid dienone is 1. The van der Waals surface area contributed by atoms with E-state index in [0.29, 0.717) is 21.4 Å². The topological polar surface area (TPSA) is 63.3 Å². The van der Waals surface area contributed by atoms with Gasteiger partial charge in [-0.1, -0.05) is 29.6 Å². The minimum Gasteiger partial charge on any atom is -0.472 e. The number of nitrogens with zero attached hydrogens (tertiary/aromatic N) is 3. The van der Waals surface area contributed by atoms with Crippen LogP contribution in [-0.4, -0.2) is 33.8 Å². The lowest BCUT2D eigenvalue weighted by Crippen LogP contribution is -2.45. The molecule has 2 aromatic heterocycles. The molecule has 1 aliphatic heterocycles. The van der Waals surface area contributed by atoms with Gasteiger partial charge in [0.1, 0.15) is 0 Å². The first-order valence-electron chi connectivity index (χ1n) is 11.0. The molecule has 1 aliphatic carbocycles. The summed E-state index contributed by atoms with van der Waals surface area (Å²) in [5.41, 5.74) is 8.16. The molecule has 3 heterocycles. The van der Waals surface area contributed by atoms with Crippen LogP contribution in [-0.2, 0) is 6.42 Å². The van der Waals surface area contributed by atoms with Gasteiger partial charge >= 0.3 is 0 Å². The predicted molar refractivity (Wildman–Crippen MR) is 126 cm³/mol. The van der Waals surface area contributed by atoms with Crippen LogP contribution >= 0.6 is 23.2 Å². The molecule has 1 amide bonds. The van der Waals surface area contributed by atoms with E-state index in [1.165, 1.54) is 6.42 Å². The maximum Gasteiger partial charge on any atom is 0.286 e. The van der Waals surface area contributed by atoms with E-state index in [-0.39, 0.29) is 5.91 Å². The molecule has 0 radical (unpaired) electrons.